The van der Waals surface area contributed by atoms with Crippen LogP contribution in [0.25, 0.3) is 0 Å². The molecule has 0 saturated heterocycles. The minimum absolute atomic E-state index is 0.258. The highest BCUT2D eigenvalue weighted by atomic mass is 16.4. The number of rotatable bonds is 6. The van der Waals surface area contributed by atoms with E-state index in [1.807, 2.05) is 60.7 Å². The van der Waals surface area contributed by atoms with Gasteiger partial charge in [0.25, 0.3) is 5.91 Å². The van der Waals surface area contributed by atoms with Crippen molar-refractivity contribution in [2.75, 3.05) is 0 Å². The molecule has 0 aliphatic carbocycles. The molecule has 0 radical (unpaired) electrons. The lowest BCUT2D eigenvalue weighted by Gasteiger charge is -2.26. The Morgan fingerprint density at radius 1 is 0.852 bits per heavy atom. The van der Waals surface area contributed by atoms with Gasteiger partial charge in [-0.25, -0.2) is 14.8 Å². The number of aromatic nitrogens is 2. The van der Waals surface area contributed by atoms with Crippen molar-refractivity contribution in [3.05, 3.63) is 95.6 Å². The summed E-state index contributed by atoms with van der Waals surface area (Å²) in [5.41, 5.74) is 7.39. The second kappa shape index (κ2) is 8.20. The van der Waals surface area contributed by atoms with Crippen molar-refractivity contribution >= 4 is 11.9 Å². The molecule has 1 amide bonds. The summed E-state index contributed by atoms with van der Waals surface area (Å²) in [5, 5.41) is 12.1. The molecule has 3 aromatic rings. The van der Waals surface area contributed by atoms with E-state index >= 15 is 0 Å². The maximum absolute atomic E-state index is 12.8. The average molecular weight is 362 g/mol. The monoisotopic (exact) mass is 362 g/mol. The number of aromatic carboxylic acids is 1. The third-order valence-corrected chi connectivity index (χ3v) is 4.10. The number of nitrogens with one attached hydrogen (secondary N) is 1. The molecule has 0 saturated carbocycles. The number of carboxylic acids is 1. The molecule has 7 nitrogen and oxygen atoms in total. The van der Waals surface area contributed by atoms with Crippen LogP contribution in [0.2, 0.25) is 0 Å². The number of hydrogen-bond donors (Lipinski definition) is 3. The van der Waals surface area contributed by atoms with Gasteiger partial charge in [0.1, 0.15) is 0 Å². The van der Waals surface area contributed by atoms with Crippen molar-refractivity contribution in [1.29, 1.82) is 0 Å². The van der Waals surface area contributed by atoms with E-state index in [2.05, 4.69) is 15.3 Å². The number of nitrogens with zero attached hydrogens (tertiary/aromatic N) is 2. The third-order valence-electron chi connectivity index (χ3n) is 4.10. The highest BCUT2D eigenvalue weighted by Gasteiger charge is 2.27. The van der Waals surface area contributed by atoms with Crippen LogP contribution in [0.5, 0.6) is 0 Å². The Kier molecular flexibility index (Phi) is 5.53. The maximum Gasteiger partial charge on any atom is 0.356 e. The normalized spacial score (nSPS) is 12.8. The molecule has 1 heterocycles. The number of carboxylic acid groups (broad SMARTS) is 1. The van der Waals surface area contributed by atoms with Crippen LogP contribution in [0.3, 0.4) is 0 Å². The summed E-state index contributed by atoms with van der Waals surface area (Å²) in [6.07, 6.45) is 2.50. The van der Waals surface area contributed by atoms with Gasteiger partial charge in [0.05, 0.1) is 12.1 Å². The quantitative estimate of drug-likeness (QED) is 0.619. The van der Waals surface area contributed by atoms with Gasteiger partial charge in [-0.15, -0.1) is 0 Å². The molecular formula is C20H18N4O3. The number of nitrogens with two attached hydrogens (primary N) is 1. The lowest BCUT2D eigenvalue weighted by atomic mass is 9.94. The smallest absolute Gasteiger partial charge is 0.356 e. The van der Waals surface area contributed by atoms with E-state index in [1.165, 1.54) is 12.4 Å². The molecule has 0 unspecified atom stereocenters. The first-order chi connectivity index (χ1) is 13.1. The van der Waals surface area contributed by atoms with Gasteiger partial charge in [0.15, 0.2) is 11.4 Å². The van der Waals surface area contributed by atoms with E-state index < -0.39 is 29.7 Å². The maximum atomic E-state index is 12.8. The first-order valence-electron chi connectivity index (χ1n) is 8.28. The van der Waals surface area contributed by atoms with Crippen LogP contribution in [0.4, 0.5) is 0 Å². The number of amides is 1. The molecule has 4 N–H and O–H groups in total. The van der Waals surface area contributed by atoms with E-state index in [9.17, 15) is 14.7 Å². The zero-order valence-electron chi connectivity index (χ0n) is 14.3. The second-order valence-corrected chi connectivity index (χ2v) is 5.86. The lowest BCUT2D eigenvalue weighted by molar-refractivity contribution is 0.0682. The number of hydrogen-bond acceptors (Lipinski definition) is 5. The van der Waals surface area contributed by atoms with E-state index in [0.29, 0.717) is 0 Å². The van der Waals surface area contributed by atoms with Gasteiger partial charge in [-0.05, 0) is 11.1 Å². The molecule has 136 valence electrons. The zero-order valence-corrected chi connectivity index (χ0v) is 14.3. The Morgan fingerprint density at radius 2 is 1.37 bits per heavy atom. The van der Waals surface area contributed by atoms with Crippen molar-refractivity contribution in [3.63, 3.8) is 0 Å². The summed E-state index contributed by atoms with van der Waals surface area (Å²) in [7, 11) is 0. The first-order valence-corrected chi connectivity index (χ1v) is 8.28. The van der Waals surface area contributed by atoms with Crippen molar-refractivity contribution in [2.24, 2.45) is 5.73 Å². The molecule has 27 heavy (non-hydrogen) atoms. The minimum Gasteiger partial charge on any atom is -0.476 e. The van der Waals surface area contributed by atoms with E-state index in [1.54, 1.807) is 0 Å². The third kappa shape index (κ3) is 4.16. The molecule has 2 aromatic carbocycles. The molecular weight excluding hydrogens is 344 g/mol. The van der Waals surface area contributed by atoms with Crippen LogP contribution >= 0.6 is 0 Å². The van der Waals surface area contributed by atoms with Crippen molar-refractivity contribution < 1.29 is 14.7 Å². The van der Waals surface area contributed by atoms with Crippen molar-refractivity contribution in [2.45, 2.75) is 12.1 Å². The Balaban J connectivity index is 1.95. The summed E-state index contributed by atoms with van der Waals surface area (Å²) in [4.78, 5) is 31.7. The molecule has 1 aromatic heterocycles. The summed E-state index contributed by atoms with van der Waals surface area (Å²) < 4.78 is 0. The fourth-order valence-corrected chi connectivity index (χ4v) is 2.78. The highest BCUT2D eigenvalue weighted by molar-refractivity contribution is 6.02. The lowest BCUT2D eigenvalue weighted by Crippen LogP contribution is -2.37. The van der Waals surface area contributed by atoms with Gasteiger partial charge in [-0.1, -0.05) is 60.7 Å². The Labute approximate surface area is 155 Å². The van der Waals surface area contributed by atoms with Gasteiger partial charge < -0.3 is 16.2 Å². The predicted molar refractivity (Wildman–Crippen MR) is 99.0 cm³/mol. The molecule has 0 aliphatic heterocycles. The van der Waals surface area contributed by atoms with Crippen LogP contribution in [0.1, 0.15) is 44.2 Å². The first kappa shape index (κ1) is 18.2. The van der Waals surface area contributed by atoms with Gasteiger partial charge in [0, 0.05) is 12.4 Å². The van der Waals surface area contributed by atoms with Crippen molar-refractivity contribution in [3.8, 4) is 0 Å². The number of benzene rings is 2. The molecule has 0 bridgehead atoms. The fourth-order valence-electron chi connectivity index (χ4n) is 2.78. The standard InChI is InChI=1S/C20H18N4O3/c21-15(13-7-3-1-4-8-13)16(14-9-5-2-6-10-14)24-19(25)17-18(20(26)27)23-12-11-22-17/h1-12,15-16H,21H2,(H,24,25)(H,26,27)/t15-,16-/m1/s1. The van der Waals surface area contributed by atoms with Gasteiger partial charge in [0.2, 0.25) is 0 Å². The van der Waals surface area contributed by atoms with Gasteiger partial charge in [-0.2, -0.15) is 0 Å². The largest absolute Gasteiger partial charge is 0.476 e. The topological polar surface area (TPSA) is 118 Å². The Bertz CT molecular complexity index is 932. The summed E-state index contributed by atoms with van der Waals surface area (Å²) in [6, 6.07) is 17.5. The molecule has 7 heteroatoms. The zero-order chi connectivity index (χ0) is 19.2. The summed E-state index contributed by atoms with van der Waals surface area (Å²) in [5.74, 6) is -1.97. The van der Waals surface area contributed by atoms with Gasteiger partial charge in [-0.3, -0.25) is 4.79 Å². The molecule has 0 spiro atoms. The number of carbonyl (C=O) groups is 2. The summed E-state index contributed by atoms with van der Waals surface area (Å²) in [6.45, 7) is 0. The van der Waals surface area contributed by atoms with Crippen molar-refractivity contribution in [1.82, 2.24) is 15.3 Å². The molecule has 0 fully saturated rings. The van der Waals surface area contributed by atoms with Gasteiger partial charge >= 0.3 is 5.97 Å². The van der Waals surface area contributed by atoms with E-state index in [-0.39, 0.29) is 5.69 Å². The fraction of sp³-hybridized carbons (Fsp3) is 0.100. The van der Waals surface area contributed by atoms with Crippen LogP contribution in [0, 0.1) is 0 Å². The second-order valence-electron chi connectivity index (χ2n) is 5.86. The SMILES string of the molecule is N[C@H](c1ccccc1)[C@H](NC(=O)c1nccnc1C(=O)O)c1ccccc1. The van der Waals surface area contributed by atoms with E-state index in [4.69, 9.17) is 5.73 Å². The minimum atomic E-state index is -1.32. The highest BCUT2D eigenvalue weighted by Crippen LogP contribution is 2.27. The molecule has 0 aliphatic rings. The van der Waals surface area contributed by atoms with Crippen LogP contribution in [-0.4, -0.2) is 27.0 Å². The molecule has 3 rings (SSSR count). The Morgan fingerprint density at radius 3 is 1.93 bits per heavy atom. The number of carbonyl (C=O) groups excluding carboxylic acids is 1. The predicted octanol–water partition coefficient (Wildman–Crippen LogP) is 2.35. The molecule has 2 atom stereocenters. The summed E-state index contributed by atoms with van der Waals surface area (Å²) >= 11 is 0. The van der Waals surface area contributed by atoms with E-state index in [0.717, 1.165) is 11.1 Å². The van der Waals surface area contributed by atoms with Crippen LogP contribution in [-0.2, 0) is 0 Å². The Hall–Kier alpha value is -3.58. The average Bonchev–Trinajstić information content (AvgIpc) is 2.72. The van der Waals surface area contributed by atoms with Crippen LogP contribution < -0.4 is 11.1 Å². The van der Waals surface area contributed by atoms with Crippen LogP contribution in [0.15, 0.2) is 73.1 Å².